The van der Waals surface area contributed by atoms with Crippen molar-refractivity contribution in [1.29, 1.82) is 0 Å². The molecule has 104 valence electrons. The number of rotatable bonds is 4. The first kappa shape index (κ1) is 13.1. The predicted octanol–water partition coefficient (Wildman–Crippen LogP) is 4.36. The summed E-state index contributed by atoms with van der Waals surface area (Å²) >= 11 is 0. The SMILES string of the molecule is C1=CCC(OCc2conc2-c2ccccc2)CCC1. The van der Waals surface area contributed by atoms with Crippen LogP contribution in [-0.2, 0) is 11.3 Å². The number of hydrogen-bond donors (Lipinski definition) is 0. The third-order valence-electron chi connectivity index (χ3n) is 3.63. The van der Waals surface area contributed by atoms with Crippen molar-refractivity contribution in [3.63, 3.8) is 0 Å². The molecule has 0 saturated heterocycles. The minimum atomic E-state index is 0.312. The normalized spacial score (nSPS) is 18.9. The molecule has 0 saturated carbocycles. The van der Waals surface area contributed by atoms with Gasteiger partial charge in [-0.1, -0.05) is 47.6 Å². The zero-order chi connectivity index (χ0) is 13.6. The van der Waals surface area contributed by atoms with Crippen molar-refractivity contribution in [3.8, 4) is 11.3 Å². The van der Waals surface area contributed by atoms with Crippen LogP contribution in [0.3, 0.4) is 0 Å². The number of allylic oxidation sites excluding steroid dienone is 1. The maximum absolute atomic E-state index is 6.02. The molecule has 1 unspecified atom stereocenters. The molecule has 1 aromatic heterocycles. The molecule has 1 atom stereocenters. The van der Waals surface area contributed by atoms with Crippen LogP contribution in [0.2, 0.25) is 0 Å². The second kappa shape index (κ2) is 6.53. The van der Waals surface area contributed by atoms with Crippen molar-refractivity contribution in [1.82, 2.24) is 5.16 Å². The van der Waals surface area contributed by atoms with Crippen LogP contribution in [0.15, 0.2) is 53.3 Å². The minimum absolute atomic E-state index is 0.312. The van der Waals surface area contributed by atoms with E-state index in [1.165, 1.54) is 12.8 Å². The van der Waals surface area contributed by atoms with E-state index in [9.17, 15) is 0 Å². The van der Waals surface area contributed by atoms with E-state index >= 15 is 0 Å². The molecule has 0 N–H and O–H groups in total. The van der Waals surface area contributed by atoms with Crippen LogP contribution in [0.1, 0.15) is 31.2 Å². The number of hydrogen-bond acceptors (Lipinski definition) is 3. The van der Waals surface area contributed by atoms with Crippen molar-refractivity contribution in [2.24, 2.45) is 0 Å². The van der Waals surface area contributed by atoms with Crippen LogP contribution >= 0.6 is 0 Å². The highest BCUT2D eigenvalue weighted by Crippen LogP contribution is 2.24. The van der Waals surface area contributed by atoms with E-state index < -0.39 is 0 Å². The molecule has 0 fully saturated rings. The molecular weight excluding hydrogens is 250 g/mol. The molecule has 1 aromatic carbocycles. The lowest BCUT2D eigenvalue weighted by Crippen LogP contribution is -2.11. The van der Waals surface area contributed by atoms with Gasteiger partial charge in [-0.3, -0.25) is 0 Å². The summed E-state index contributed by atoms with van der Waals surface area (Å²) in [6.45, 7) is 0.562. The number of benzene rings is 1. The minimum Gasteiger partial charge on any atom is -0.373 e. The lowest BCUT2D eigenvalue weighted by Gasteiger charge is -2.14. The molecule has 0 radical (unpaired) electrons. The van der Waals surface area contributed by atoms with Crippen LogP contribution in [-0.4, -0.2) is 11.3 Å². The van der Waals surface area contributed by atoms with Crippen molar-refractivity contribution in [2.75, 3.05) is 0 Å². The molecule has 20 heavy (non-hydrogen) atoms. The highest BCUT2D eigenvalue weighted by atomic mass is 16.5. The Morgan fingerprint density at radius 1 is 1.20 bits per heavy atom. The van der Waals surface area contributed by atoms with Crippen LogP contribution < -0.4 is 0 Å². The Morgan fingerprint density at radius 2 is 2.10 bits per heavy atom. The standard InChI is InChI=1S/C17H19NO2/c1-2-7-11-16(10-6-1)19-12-15-13-20-18-17(15)14-8-4-3-5-9-14/h1,3-6,8-9,13,16H,2,7,10-12H2. The van der Waals surface area contributed by atoms with E-state index in [-0.39, 0.29) is 0 Å². The molecule has 0 amide bonds. The van der Waals surface area contributed by atoms with Gasteiger partial charge in [0.2, 0.25) is 0 Å². The second-order valence-electron chi connectivity index (χ2n) is 5.13. The molecule has 1 aliphatic rings. The van der Waals surface area contributed by atoms with E-state index in [0.717, 1.165) is 29.7 Å². The Hall–Kier alpha value is -1.87. The third kappa shape index (κ3) is 3.17. The maximum Gasteiger partial charge on any atom is 0.129 e. The highest BCUT2D eigenvalue weighted by Gasteiger charge is 2.14. The van der Waals surface area contributed by atoms with Gasteiger partial charge in [0.05, 0.1) is 12.7 Å². The summed E-state index contributed by atoms with van der Waals surface area (Å²) in [7, 11) is 0. The summed E-state index contributed by atoms with van der Waals surface area (Å²) < 4.78 is 11.1. The number of nitrogens with zero attached hydrogens (tertiary/aromatic N) is 1. The van der Waals surface area contributed by atoms with Crippen molar-refractivity contribution in [2.45, 2.75) is 38.4 Å². The summed E-state index contributed by atoms with van der Waals surface area (Å²) in [4.78, 5) is 0. The fraction of sp³-hybridized carbons (Fsp3) is 0.353. The largest absolute Gasteiger partial charge is 0.373 e. The molecule has 3 nitrogen and oxygen atoms in total. The molecule has 0 aliphatic heterocycles. The fourth-order valence-electron chi connectivity index (χ4n) is 2.50. The van der Waals surface area contributed by atoms with E-state index in [4.69, 9.17) is 9.26 Å². The Morgan fingerprint density at radius 3 is 3.00 bits per heavy atom. The zero-order valence-corrected chi connectivity index (χ0v) is 11.5. The van der Waals surface area contributed by atoms with Crippen molar-refractivity contribution < 1.29 is 9.26 Å². The number of ether oxygens (including phenoxy) is 1. The first-order valence-electron chi connectivity index (χ1n) is 7.19. The van der Waals surface area contributed by atoms with Crippen LogP contribution in [0.5, 0.6) is 0 Å². The predicted molar refractivity (Wildman–Crippen MR) is 78.1 cm³/mol. The van der Waals surface area contributed by atoms with Crippen molar-refractivity contribution in [3.05, 3.63) is 54.3 Å². The summed E-state index contributed by atoms with van der Waals surface area (Å²) in [5.41, 5.74) is 2.97. The maximum atomic E-state index is 6.02. The van der Waals surface area contributed by atoms with E-state index in [0.29, 0.717) is 12.7 Å². The van der Waals surface area contributed by atoms with Gasteiger partial charge in [0.25, 0.3) is 0 Å². The smallest absolute Gasteiger partial charge is 0.129 e. The van der Waals surface area contributed by atoms with Gasteiger partial charge in [-0.05, 0) is 25.7 Å². The lowest BCUT2D eigenvalue weighted by molar-refractivity contribution is 0.0371. The molecule has 2 aromatic rings. The molecule has 0 bridgehead atoms. The Bertz CT molecular complexity index is 559. The first-order chi connectivity index (χ1) is 9.93. The van der Waals surface area contributed by atoms with Crippen molar-refractivity contribution >= 4 is 0 Å². The quantitative estimate of drug-likeness (QED) is 0.774. The van der Waals surface area contributed by atoms with Gasteiger partial charge < -0.3 is 9.26 Å². The molecule has 1 heterocycles. The summed E-state index contributed by atoms with van der Waals surface area (Å²) in [6, 6.07) is 10.1. The summed E-state index contributed by atoms with van der Waals surface area (Å²) in [5.74, 6) is 0. The Balaban J connectivity index is 1.66. The Labute approximate surface area is 119 Å². The second-order valence-corrected chi connectivity index (χ2v) is 5.13. The molecule has 3 rings (SSSR count). The molecular formula is C17H19NO2. The zero-order valence-electron chi connectivity index (χ0n) is 11.5. The monoisotopic (exact) mass is 269 g/mol. The summed E-state index contributed by atoms with van der Waals surface area (Å²) in [5, 5.41) is 4.10. The fourth-order valence-corrected chi connectivity index (χ4v) is 2.50. The first-order valence-corrected chi connectivity index (χ1v) is 7.19. The number of aromatic nitrogens is 1. The highest BCUT2D eigenvalue weighted by molar-refractivity contribution is 5.61. The third-order valence-corrected chi connectivity index (χ3v) is 3.63. The lowest BCUT2D eigenvalue weighted by atomic mass is 10.1. The van der Waals surface area contributed by atoms with E-state index in [2.05, 4.69) is 17.3 Å². The molecule has 0 spiro atoms. The molecule has 3 heteroatoms. The average Bonchev–Trinajstić information content (AvgIpc) is 2.81. The van der Waals surface area contributed by atoms with Crippen LogP contribution in [0.4, 0.5) is 0 Å². The van der Waals surface area contributed by atoms with Crippen LogP contribution in [0, 0.1) is 0 Å². The van der Waals surface area contributed by atoms with E-state index in [1.54, 1.807) is 6.26 Å². The molecule has 1 aliphatic carbocycles. The Kier molecular flexibility index (Phi) is 4.28. The van der Waals surface area contributed by atoms with Gasteiger partial charge in [-0.15, -0.1) is 0 Å². The van der Waals surface area contributed by atoms with Gasteiger partial charge in [-0.2, -0.15) is 0 Å². The van der Waals surface area contributed by atoms with Crippen LogP contribution in [0.25, 0.3) is 11.3 Å². The van der Waals surface area contributed by atoms with Gasteiger partial charge in [0.1, 0.15) is 12.0 Å². The van der Waals surface area contributed by atoms with Gasteiger partial charge in [0.15, 0.2) is 0 Å². The average molecular weight is 269 g/mol. The topological polar surface area (TPSA) is 35.3 Å². The summed E-state index contributed by atoms with van der Waals surface area (Å²) in [6.07, 6.45) is 11.0. The van der Waals surface area contributed by atoms with Gasteiger partial charge in [-0.25, -0.2) is 0 Å². The van der Waals surface area contributed by atoms with Gasteiger partial charge >= 0.3 is 0 Å². The van der Waals surface area contributed by atoms with Gasteiger partial charge in [0, 0.05) is 11.1 Å². The van der Waals surface area contributed by atoms with E-state index in [1.807, 2.05) is 30.3 Å².